The number of rotatable bonds is 3. The number of thiophene rings is 1. The highest BCUT2D eigenvalue weighted by molar-refractivity contribution is 7.10. The van der Waals surface area contributed by atoms with Crippen LogP contribution in [0.4, 0.5) is 0 Å². The molecule has 0 fully saturated rings. The van der Waals surface area contributed by atoms with E-state index in [1.165, 1.54) is 11.1 Å². The molecule has 1 aromatic carbocycles. The molecule has 1 nitrogen and oxygen atoms in total. The van der Waals surface area contributed by atoms with Crippen molar-refractivity contribution in [2.45, 2.75) is 19.8 Å². The van der Waals surface area contributed by atoms with Crippen LogP contribution in [-0.2, 0) is 4.79 Å². The lowest BCUT2D eigenvalue weighted by Gasteiger charge is -2.12. The van der Waals surface area contributed by atoms with Gasteiger partial charge in [0.05, 0.1) is 5.92 Å². The van der Waals surface area contributed by atoms with E-state index < -0.39 is 0 Å². The summed E-state index contributed by atoms with van der Waals surface area (Å²) in [6, 6.07) is 10.1. The summed E-state index contributed by atoms with van der Waals surface area (Å²) in [5.41, 5.74) is 3.49. The van der Waals surface area contributed by atoms with Gasteiger partial charge in [0.15, 0.2) is 0 Å². The zero-order chi connectivity index (χ0) is 11.5. The molecule has 0 aliphatic heterocycles. The highest BCUT2D eigenvalue weighted by Gasteiger charge is 2.17. The first-order valence-corrected chi connectivity index (χ1v) is 6.17. The van der Waals surface area contributed by atoms with Crippen LogP contribution in [0, 0.1) is 13.8 Å². The molecule has 2 heteroatoms. The molecule has 2 rings (SSSR count). The Labute approximate surface area is 99.8 Å². The summed E-state index contributed by atoms with van der Waals surface area (Å²) in [6.07, 6.45) is 1.04. The first-order chi connectivity index (χ1) is 7.74. The van der Waals surface area contributed by atoms with Crippen LogP contribution >= 0.6 is 11.3 Å². The number of benzene rings is 1. The van der Waals surface area contributed by atoms with Crippen LogP contribution in [-0.4, -0.2) is 6.29 Å². The monoisotopic (exact) mass is 230 g/mol. The van der Waals surface area contributed by atoms with Crippen LogP contribution in [0.5, 0.6) is 0 Å². The summed E-state index contributed by atoms with van der Waals surface area (Å²) in [5.74, 6) is -0.110. The van der Waals surface area contributed by atoms with E-state index in [1.807, 2.05) is 23.6 Å². The van der Waals surface area contributed by atoms with Crippen LogP contribution < -0.4 is 0 Å². The Hall–Kier alpha value is -1.41. The average molecular weight is 230 g/mol. The third kappa shape index (κ3) is 1.93. The second-order valence-electron chi connectivity index (χ2n) is 3.94. The Morgan fingerprint density at radius 1 is 1.12 bits per heavy atom. The van der Waals surface area contributed by atoms with Crippen molar-refractivity contribution in [3.8, 4) is 0 Å². The molecule has 2 aromatic rings. The van der Waals surface area contributed by atoms with Crippen molar-refractivity contribution in [1.82, 2.24) is 0 Å². The molecular weight excluding hydrogens is 216 g/mol. The van der Waals surface area contributed by atoms with E-state index in [1.54, 1.807) is 11.3 Å². The summed E-state index contributed by atoms with van der Waals surface area (Å²) in [6.45, 7) is 4.11. The maximum Gasteiger partial charge on any atom is 0.132 e. The number of carbonyl (C=O) groups excluding carboxylic acids is 1. The molecule has 1 heterocycles. The second kappa shape index (κ2) is 4.62. The van der Waals surface area contributed by atoms with Gasteiger partial charge in [-0.2, -0.15) is 0 Å². The van der Waals surface area contributed by atoms with E-state index in [-0.39, 0.29) is 5.92 Å². The normalized spacial score (nSPS) is 12.4. The number of aldehydes is 1. The third-order valence-electron chi connectivity index (χ3n) is 2.84. The van der Waals surface area contributed by atoms with Crippen LogP contribution in [0.25, 0.3) is 0 Å². The number of hydrogen-bond acceptors (Lipinski definition) is 2. The van der Waals surface area contributed by atoms with E-state index >= 15 is 0 Å². The molecule has 0 amide bonds. The lowest BCUT2D eigenvalue weighted by Crippen LogP contribution is -2.03. The van der Waals surface area contributed by atoms with Gasteiger partial charge in [0.2, 0.25) is 0 Å². The van der Waals surface area contributed by atoms with Gasteiger partial charge in [0.25, 0.3) is 0 Å². The molecule has 0 saturated heterocycles. The molecule has 0 saturated carbocycles. The van der Waals surface area contributed by atoms with E-state index in [0.717, 1.165) is 16.7 Å². The van der Waals surface area contributed by atoms with Crippen molar-refractivity contribution in [2.24, 2.45) is 0 Å². The van der Waals surface area contributed by atoms with Gasteiger partial charge in [0.1, 0.15) is 6.29 Å². The second-order valence-corrected chi connectivity index (χ2v) is 4.89. The molecule has 16 heavy (non-hydrogen) atoms. The van der Waals surface area contributed by atoms with Gasteiger partial charge in [-0.25, -0.2) is 0 Å². The Balaban J connectivity index is 2.49. The van der Waals surface area contributed by atoms with Crippen LogP contribution in [0.2, 0.25) is 0 Å². The molecule has 0 N–H and O–H groups in total. The molecule has 1 aromatic heterocycles. The van der Waals surface area contributed by atoms with E-state index in [0.29, 0.717) is 0 Å². The standard InChI is InChI=1S/C14H14OS/c1-10-5-3-4-6-12(10)13(9-15)14-11(2)7-8-16-14/h3-9,13H,1-2H3. The predicted molar refractivity (Wildman–Crippen MR) is 68.1 cm³/mol. The number of hydrogen-bond donors (Lipinski definition) is 0. The zero-order valence-corrected chi connectivity index (χ0v) is 10.3. The van der Waals surface area contributed by atoms with Gasteiger partial charge in [-0.1, -0.05) is 24.3 Å². The first-order valence-electron chi connectivity index (χ1n) is 5.29. The Morgan fingerprint density at radius 2 is 1.88 bits per heavy atom. The van der Waals surface area contributed by atoms with Gasteiger partial charge >= 0.3 is 0 Å². The van der Waals surface area contributed by atoms with E-state index in [4.69, 9.17) is 0 Å². The number of aryl methyl sites for hydroxylation is 2. The van der Waals surface area contributed by atoms with Crippen molar-refractivity contribution < 1.29 is 4.79 Å². The topological polar surface area (TPSA) is 17.1 Å². The minimum atomic E-state index is -0.110. The quantitative estimate of drug-likeness (QED) is 0.735. The largest absolute Gasteiger partial charge is 0.302 e. The molecular formula is C14H14OS. The van der Waals surface area contributed by atoms with Crippen molar-refractivity contribution in [3.05, 3.63) is 57.3 Å². The predicted octanol–water partition coefficient (Wildman–Crippen LogP) is 3.70. The van der Waals surface area contributed by atoms with Gasteiger partial charge in [-0.3, -0.25) is 0 Å². The molecule has 1 atom stereocenters. The van der Waals surface area contributed by atoms with Crippen molar-refractivity contribution in [3.63, 3.8) is 0 Å². The van der Waals surface area contributed by atoms with Crippen molar-refractivity contribution in [1.29, 1.82) is 0 Å². The maximum atomic E-state index is 11.3. The summed E-state index contributed by atoms with van der Waals surface area (Å²) >= 11 is 1.65. The van der Waals surface area contributed by atoms with Crippen molar-refractivity contribution >= 4 is 17.6 Å². The van der Waals surface area contributed by atoms with Gasteiger partial charge in [0, 0.05) is 4.88 Å². The molecule has 0 aliphatic carbocycles. The summed E-state index contributed by atoms with van der Waals surface area (Å²) < 4.78 is 0. The van der Waals surface area contributed by atoms with E-state index in [9.17, 15) is 4.79 Å². The Kier molecular flexibility index (Phi) is 3.20. The maximum absolute atomic E-state index is 11.3. The fraction of sp³-hybridized carbons (Fsp3) is 0.214. The highest BCUT2D eigenvalue weighted by atomic mass is 32.1. The van der Waals surface area contributed by atoms with Gasteiger partial charge in [-0.05, 0) is 42.0 Å². The SMILES string of the molecule is Cc1ccccc1C(C=O)c1sccc1C. The lowest BCUT2D eigenvalue weighted by molar-refractivity contribution is -0.108. The van der Waals surface area contributed by atoms with Crippen LogP contribution in [0.3, 0.4) is 0 Å². The molecule has 1 unspecified atom stereocenters. The average Bonchev–Trinajstić information content (AvgIpc) is 2.69. The fourth-order valence-electron chi connectivity index (χ4n) is 1.92. The summed E-state index contributed by atoms with van der Waals surface area (Å²) in [7, 11) is 0. The first kappa shape index (κ1) is 11.1. The van der Waals surface area contributed by atoms with Crippen molar-refractivity contribution in [2.75, 3.05) is 0 Å². The fourth-order valence-corrected chi connectivity index (χ4v) is 2.92. The Bertz CT molecular complexity index is 499. The molecule has 0 spiro atoms. The van der Waals surface area contributed by atoms with Crippen LogP contribution in [0.15, 0.2) is 35.7 Å². The number of carbonyl (C=O) groups is 1. The molecule has 0 aliphatic rings. The molecule has 0 radical (unpaired) electrons. The minimum absolute atomic E-state index is 0.110. The van der Waals surface area contributed by atoms with Crippen LogP contribution in [0.1, 0.15) is 27.5 Å². The zero-order valence-electron chi connectivity index (χ0n) is 9.44. The smallest absolute Gasteiger partial charge is 0.132 e. The summed E-state index contributed by atoms with van der Waals surface area (Å²) in [4.78, 5) is 12.5. The third-order valence-corrected chi connectivity index (χ3v) is 3.95. The lowest BCUT2D eigenvalue weighted by atomic mass is 9.93. The Morgan fingerprint density at radius 3 is 2.44 bits per heavy atom. The van der Waals surface area contributed by atoms with Gasteiger partial charge < -0.3 is 4.79 Å². The summed E-state index contributed by atoms with van der Waals surface area (Å²) in [5, 5.41) is 2.04. The highest BCUT2D eigenvalue weighted by Crippen LogP contribution is 2.31. The van der Waals surface area contributed by atoms with Gasteiger partial charge in [-0.15, -0.1) is 11.3 Å². The molecule has 82 valence electrons. The minimum Gasteiger partial charge on any atom is -0.302 e. The molecule has 0 bridgehead atoms. The van der Waals surface area contributed by atoms with E-state index in [2.05, 4.69) is 26.0 Å².